The third-order valence-corrected chi connectivity index (χ3v) is 5.15. The van der Waals surface area contributed by atoms with E-state index in [0.29, 0.717) is 5.56 Å². The molecule has 11 nitrogen and oxygen atoms in total. The Kier molecular flexibility index (Phi) is 5.51. The van der Waals surface area contributed by atoms with Gasteiger partial charge in [0.25, 0.3) is 11.2 Å². The predicted molar refractivity (Wildman–Crippen MR) is 117 cm³/mol. The molecule has 33 heavy (non-hydrogen) atoms. The third kappa shape index (κ3) is 3.98. The van der Waals surface area contributed by atoms with Crippen LogP contribution in [0.25, 0.3) is 0 Å². The van der Waals surface area contributed by atoms with Crippen molar-refractivity contribution in [2.45, 2.75) is 5.92 Å². The fraction of sp³-hybridized carbons (Fsp3) is 0.0476. The van der Waals surface area contributed by atoms with Gasteiger partial charge in [0.05, 0.1) is 16.4 Å². The number of hydrogen-bond donors (Lipinski definition) is 3. The molecule has 1 atom stereocenters. The first-order valence-electron chi connectivity index (χ1n) is 9.24. The molecule has 4 rings (SSSR count). The van der Waals surface area contributed by atoms with Crippen LogP contribution >= 0.6 is 11.6 Å². The van der Waals surface area contributed by atoms with E-state index in [0.717, 1.165) is 6.07 Å². The van der Waals surface area contributed by atoms with Gasteiger partial charge in [-0.2, -0.15) is 5.26 Å². The zero-order valence-corrected chi connectivity index (χ0v) is 17.2. The van der Waals surface area contributed by atoms with Gasteiger partial charge >= 0.3 is 5.69 Å². The number of aromatic hydroxyl groups is 1. The zero-order chi connectivity index (χ0) is 23.7. The average molecular weight is 466 g/mol. The Hall–Kier alpha value is -4.69. The summed E-state index contributed by atoms with van der Waals surface area (Å²) >= 11 is 5.91. The minimum atomic E-state index is -1.16. The fourth-order valence-electron chi connectivity index (χ4n) is 3.35. The van der Waals surface area contributed by atoms with Crippen molar-refractivity contribution in [2.24, 2.45) is 4.99 Å². The summed E-state index contributed by atoms with van der Waals surface area (Å²) in [5.74, 6) is -1.77. The highest BCUT2D eigenvalue weighted by atomic mass is 35.5. The maximum absolute atomic E-state index is 12.6. The van der Waals surface area contributed by atoms with Gasteiger partial charge in [-0.15, -0.1) is 0 Å². The van der Waals surface area contributed by atoms with Gasteiger partial charge in [0, 0.05) is 17.8 Å². The van der Waals surface area contributed by atoms with Gasteiger partial charge in [0.15, 0.2) is 0 Å². The van der Waals surface area contributed by atoms with Crippen LogP contribution in [0.3, 0.4) is 0 Å². The lowest BCUT2D eigenvalue weighted by atomic mass is 9.85. The van der Waals surface area contributed by atoms with E-state index < -0.39 is 27.8 Å². The number of nitro groups is 1. The Labute approximate surface area is 189 Å². The molecule has 1 aliphatic rings. The van der Waals surface area contributed by atoms with Crippen LogP contribution < -0.4 is 16.0 Å². The van der Waals surface area contributed by atoms with E-state index in [2.05, 4.69) is 15.0 Å². The summed E-state index contributed by atoms with van der Waals surface area (Å²) in [6, 6.07) is 12.0. The molecule has 0 spiro atoms. The highest BCUT2D eigenvalue weighted by molar-refractivity contribution is 6.32. The number of rotatable bonds is 4. The van der Waals surface area contributed by atoms with Crippen molar-refractivity contribution in [3.63, 3.8) is 0 Å². The van der Waals surface area contributed by atoms with Crippen LogP contribution in [0.4, 0.5) is 5.69 Å². The molecular formula is C21H12ClN5O6. The van der Waals surface area contributed by atoms with E-state index in [4.69, 9.17) is 16.3 Å². The van der Waals surface area contributed by atoms with E-state index in [1.807, 2.05) is 6.07 Å². The number of aromatic amines is 2. The van der Waals surface area contributed by atoms with Crippen LogP contribution in [0.5, 0.6) is 11.6 Å². The molecule has 1 aliphatic heterocycles. The normalized spacial score (nSPS) is 15.1. The Morgan fingerprint density at radius 1 is 1.24 bits per heavy atom. The number of ether oxygens (including phenoxy) is 1. The Morgan fingerprint density at radius 3 is 2.70 bits per heavy atom. The van der Waals surface area contributed by atoms with Gasteiger partial charge in [0.2, 0.25) is 11.8 Å². The number of nitro benzene ring substituents is 1. The summed E-state index contributed by atoms with van der Waals surface area (Å²) in [6.45, 7) is 0. The lowest BCUT2D eigenvalue weighted by molar-refractivity contribution is -0.384. The predicted octanol–water partition coefficient (Wildman–Crippen LogP) is 2.71. The third-order valence-electron chi connectivity index (χ3n) is 4.83. The Morgan fingerprint density at radius 2 is 2.00 bits per heavy atom. The van der Waals surface area contributed by atoms with E-state index in [1.54, 1.807) is 18.2 Å². The lowest BCUT2D eigenvalue weighted by Gasteiger charge is -2.24. The molecule has 0 amide bonds. The van der Waals surface area contributed by atoms with Gasteiger partial charge < -0.3 is 9.84 Å². The lowest BCUT2D eigenvalue weighted by Crippen LogP contribution is -2.31. The fourth-order valence-corrected chi connectivity index (χ4v) is 3.54. The number of nitrogens with one attached hydrogen (secondary N) is 2. The monoisotopic (exact) mass is 465 g/mol. The molecule has 0 saturated carbocycles. The van der Waals surface area contributed by atoms with Crippen LogP contribution in [-0.4, -0.2) is 26.2 Å². The maximum Gasteiger partial charge on any atom is 0.328 e. The Balaban J connectivity index is 1.96. The number of hydrogen-bond acceptors (Lipinski definition) is 8. The van der Waals surface area contributed by atoms with Crippen molar-refractivity contribution in [3.8, 4) is 17.7 Å². The standard InChI is InChI=1S/C21H12ClN5O6/c22-13-6-5-10(7-14(13)27(31)32)16-12(8-23)19(24-9-11-3-1-2-4-15(11)28)33-20-17(16)18(29)25-21(30)26-20/h1-7,9,16,28H,(H2,25,26,29,30)/b24-9+. The quantitative estimate of drug-likeness (QED) is 0.301. The summed E-state index contributed by atoms with van der Waals surface area (Å²) < 4.78 is 5.55. The second kappa shape index (κ2) is 8.45. The van der Waals surface area contributed by atoms with E-state index in [1.165, 1.54) is 24.4 Å². The van der Waals surface area contributed by atoms with Crippen molar-refractivity contribution >= 4 is 23.5 Å². The number of phenols is 1. The van der Waals surface area contributed by atoms with Gasteiger partial charge in [-0.3, -0.25) is 24.9 Å². The molecule has 1 aromatic heterocycles. The largest absolute Gasteiger partial charge is 0.507 e. The SMILES string of the molecule is N#CC1=C(/N=C/c2ccccc2O)Oc2[nH]c(=O)[nH]c(=O)c2C1c1ccc(Cl)c([N+](=O)[O-])c1. The summed E-state index contributed by atoms with van der Waals surface area (Å²) in [5, 5.41) is 31.1. The molecule has 0 bridgehead atoms. The van der Waals surface area contributed by atoms with E-state index in [-0.39, 0.29) is 39.2 Å². The molecule has 1 unspecified atom stereocenters. The number of nitriles is 1. The highest BCUT2D eigenvalue weighted by Crippen LogP contribution is 2.41. The zero-order valence-electron chi connectivity index (χ0n) is 16.4. The number of para-hydroxylation sites is 1. The molecule has 0 radical (unpaired) electrons. The van der Waals surface area contributed by atoms with Crippen molar-refractivity contribution in [1.82, 2.24) is 9.97 Å². The highest BCUT2D eigenvalue weighted by Gasteiger charge is 2.36. The van der Waals surface area contributed by atoms with E-state index >= 15 is 0 Å². The van der Waals surface area contributed by atoms with Crippen LogP contribution in [0.1, 0.15) is 22.6 Å². The molecular weight excluding hydrogens is 454 g/mol. The number of nitrogens with zero attached hydrogens (tertiary/aromatic N) is 3. The summed E-state index contributed by atoms with van der Waals surface area (Å²) in [4.78, 5) is 43.7. The van der Waals surface area contributed by atoms with Crippen molar-refractivity contribution < 1.29 is 14.8 Å². The van der Waals surface area contributed by atoms with Crippen LogP contribution in [-0.2, 0) is 0 Å². The molecule has 12 heteroatoms. The first kappa shape index (κ1) is 21.5. The number of benzene rings is 2. The van der Waals surface area contributed by atoms with Gasteiger partial charge in [-0.05, 0) is 23.8 Å². The molecule has 164 valence electrons. The molecule has 0 fully saturated rings. The smallest absolute Gasteiger partial charge is 0.328 e. The van der Waals surface area contributed by atoms with E-state index in [9.17, 15) is 30.1 Å². The van der Waals surface area contributed by atoms with Crippen molar-refractivity contribution in [2.75, 3.05) is 0 Å². The molecule has 2 aromatic carbocycles. The summed E-state index contributed by atoms with van der Waals surface area (Å²) in [6.07, 6.45) is 1.24. The molecule has 3 aromatic rings. The van der Waals surface area contributed by atoms with Gasteiger partial charge in [-0.25, -0.2) is 9.79 Å². The maximum atomic E-state index is 12.6. The second-order valence-electron chi connectivity index (χ2n) is 6.80. The molecule has 3 N–H and O–H groups in total. The number of phenolic OH excluding ortho intramolecular Hbond substituents is 1. The first-order chi connectivity index (χ1) is 15.8. The summed E-state index contributed by atoms with van der Waals surface area (Å²) in [5.41, 5.74) is -1.92. The Bertz CT molecular complexity index is 1510. The number of aliphatic imine (C=N–C) groups is 1. The number of H-pyrrole nitrogens is 2. The minimum Gasteiger partial charge on any atom is -0.507 e. The van der Waals surface area contributed by atoms with Crippen LogP contribution in [0, 0.1) is 21.4 Å². The van der Waals surface area contributed by atoms with Gasteiger partial charge in [-0.1, -0.05) is 29.8 Å². The minimum absolute atomic E-state index is 0.0775. The number of fused-ring (bicyclic) bond motifs is 1. The summed E-state index contributed by atoms with van der Waals surface area (Å²) in [7, 11) is 0. The molecule has 2 heterocycles. The van der Waals surface area contributed by atoms with Gasteiger partial charge in [0.1, 0.15) is 22.4 Å². The molecule has 0 aliphatic carbocycles. The van der Waals surface area contributed by atoms with Crippen molar-refractivity contribution in [3.05, 3.63) is 107 Å². The number of aromatic nitrogens is 2. The molecule has 0 saturated heterocycles. The average Bonchev–Trinajstić information content (AvgIpc) is 2.77. The number of halogens is 1. The van der Waals surface area contributed by atoms with Crippen LogP contribution in [0.15, 0.2) is 68.5 Å². The number of allylic oxidation sites excluding steroid dienone is 1. The first-order valence-corrected chi connectivity index (χ1v) is 9.62. The second-order valence-corrected chi connectivity index (χ2v) is 7.21. The van der Waals surface area contributed by atoms with Crippen molar-refractivity contribution in [1.29, 1.82) is 5.26 Å². The van der Waals surface area contributed by atoms with Crippen LogP contribution in [0.2, 0.25) is 5.02 Å². The topological polar surface area (TPSA) is 174 Å².